The van der Waals surface area contributed by atoms with E-state index in [1.54, 1.807) is 43.3 Å². The summed E-state index contributed by atoms with van der Waals surface area (Å²) in [5.41, 5.74) is 3.54. The number of hydrogen-bond donors (Lipinski definition) is 1. The van der Waals surface area contributed by atoms with Gasteiger partial charge in [-0.3, -0.25) is 9.59 Å². The van der Waals surface area contributed by atoms with Crippen molar-refractivity contribution in [3.05, 3.63) is 93.0 Å². The first kappa shape index (κ1) is 23.6. The van der Waals surface area contributed by atoms with Crippen molar-refractivity contribution < 1.29 is 19.1 Å². The summed E-state index contributed by atoms with van der Waals surface area (Å²) >= 11 is 12.5. The molecule has 0 saturated heterocycles. The van der Waals surface area contributed by atoms with E-state index >= 15 is 0 Å². The van der Waals surface area contributed by atoms with Crippen LogP contribution in [0.3, 0.4) is 0 Å². The molecule has 0 atom stereocenters. The highest BCUT2D eigenvalue weighted by atomic mass is 35.5. The van der Waals surface area contributed by atoms with E-state index in [4.69, 9.17) is 32.7 Å². The van der Waals surface area contributed by atoms with Crippen LogP contribution >= 0.6 is 23.2 Å². The largest absolute Gasteiger partial charge is 0.489 e. The van der Waals surface area contributed by atoms with Crippen LogP contribution in [0.5, 0.6) is 5.75 Å². The van der Waals surface area contributed by atoms with Gasteiger partial charge in [0.25, 0.3) is 5.91 Å². The van der Waals surface area contributed by atoms with Gasteiger partial charge in [-0.2, -0.15) is 0 Å². The second-order valence-electron chi connectivity index (χ2n) is 7.17. The molecule has 0 spiro atoms. The lowest BCUT2D eigenvalue weighted by Gasteiger charge is -2.12. The van der Waals surface area contributed by atoms with E-state index in [1.807, 2.05) is 31.2 Å². The van der Waals surface area contributed by atoms with Crippen molar-refractivity contribution >= 4 is 40.8 Å². The third kappa shape index (κ3) is 6.49. The quantitative estimate of drug-likeness (QED) is 0.395. The zero-order valence-electron chi connectivity index (χ0n) is 17.8. The fourth-order valence-corrected chi connectivity index (χ4v) is 3.53. The number of esters is 1. The molecular weight excluding hydrogens is 449 g/mol. The van der Waals surface area contributed by atoms with Gasteiger partial charge >= 0.3 is 5.97 Å². The van der Waals surface area contributed by atoms with Crippen LogP contribution in [0.15, 0.2) is 60.7 Å². The number of benzene rings is 3. The Morgan fingerprint density at radius 1 is 0.938 bits per heavy atom. The molecule has 1 amide bonds. The lowest BCUT2D eigenvalue weighted by atomic mass is 10.1. The van der Waals surface area contributed by atoms with Crippen LogP contribution in [-0.4, -0.2) is 18.5 Å². The molecule has 0 aromatic heterocycles. The third-order valence-corrected chi connectivity index (χ3v) is 5.25. The Morgan fingerprint density at radius 2 is 1.75 bits per heavy atom. The zero-order chi connectivity index (χ0) is 23.1. The Balaban J connectivity index is 1.69. The average Bonchev–Trinajstić information content (AvgIpc) is 2.75. The maximum atomic E-state index is 12.8. The van der Waals surface area contributed by atoms with E-state index < -0.39 is 5.91 Å². The summed E-state index contributed by atoms with van der Waals surface area (Å²) in [6, 6.07) is 17.9. The molecule has 0 fully saturated rings. The number of halogens is 2. The van der Waals surface area contributed by atoms with Crippen molar-refractivity contribution in [2.45, 2.75) is 26.9 Å². The molecule has 0 radical (unpaired) electrons. The van der Waals surface area contributed by atoms with Crippen LogP contribution < -0.4 is 10.1 Å². The topological polar surface area (TPSA) is 64.6 Å². The molecule has 166 valence electrons. The number of hydrogen-bond acceptors (Lipinski definition) is 4. The van der Waals surface area contributed by atoms with Crippen molar-refractivity contribution in [3.8, 4) is 5.75 Å². The lowest BCUT2D eigenvalue weighted by Crippen LogP contribution is -2.13. The normalized spacial score (nSPS) is 10.5. The van der Waals surface area contributed by atoms with Crippen LogP contribution in [0.2, 0.25) is 10.0 Å². The first-order valence-electron chi connectivity index (χ1n) is 10.1. The number of carbonyl (C=O) groups excluding carboxylic acids is 2. The van der Waals surface area contributed by atoms with Gasteiger partial charge in [0.15, 0.2) is 0 Å². The van der Waals surface area contributed by atoms with Gasteiger partial charge < -0.3 is 14.8 Å². The van der Waals surface area contributed by atoms with Gasteiger partial charge in [-0.1, -0.05) is 59.1 Å². The number of aryl methyl sites for hydroxylation is 1. The molecule has 0 saturated carbocycles. The maximum Gasteiger partial charge on any atom is 0.310 e. The number of amides is 1. The number of rotatable bonds is 8. The Hall–Kier alpha value is -3.02. The highest BCUT2D eigenvalue weighted by molar-refractivity contribution is 6.36. The Kier molecular flexibility index (Phi) is 8.14. The van der Waals surface area contributed by atoms with Gasteiger partial charge in [-0.15, -0.1) is 0 Å². The van der Waals surface area contributed by atoms with Crippen LogP contribution in [0, 0.1) is 6.92 Å². The summed E-state index contributed by atoms with van der Waals surface area (Å²) < 4.78 is 10.8. The zero-order valence-corrected chi connectivity index (χ0v) is 19.3. The molecule has 0 bridgehead atoms. The summed E-state index contributed by atoms with van der Waals surface area (Å²) in [7, 11) is 0. The minimum atomic E-state index is -0.420. The first-order chi connectivity index (χ1) is 15.4. The van der Waals surface area contributed by atoms with Gasteiger partial charge in [-0.25, -0.2) is 0 Å². The van der Waals surface area contributed by atoms with E-state index in [0.717, 1.165) is 11.1 Å². The second-order valence-corrected chi connectivity index (χ2v) is 7.98. The van der Waals surface area contributed by atoms with E-state index in [2.05, 4.69) is 5.32 Å². The Morgan fingerprint density at radius 3 is 2.47 bits per heavy atom. The van der Waals surface area contributed by atoms with Crippen molar-refractivity contribution in [3.63, 3.8) is 0 Å². The number of anilines is 1. The standard InChI is InChI=1S/C25H23Cl2NO4/c1-3-31-24(29)13-17-7-10-23(22(27)12-17)28-25(30)20-14-19(8-9-21(20)26)32-15-18-6-4-5-16(2)11-18/h4-12,14H,3,13,15H2,1-2H3,(H,28,30). The summed E-state index contributed by atoms with van der Waals surface area (Å²) in [6.45, 7) is 4.45. The highest BCUT2D eigenvalue weighted by Gasteiger charge is 2.15. The summed E-state index contributed by atoms with van der Waals surface area (Å²) in [4.78, 5) is 24.5. The average molecular weight is 472 g/mol. The van der Waals surface area contributed by atoms with Crippen LogP contribution in [-0.2, 0) is 22.6 Å². The van der Waals surface area contributed by atoms with Crippen LogP contribution in [0.1, 0.15) is 34.0 Å². The predicted molar refractivity (Wildman–Crippen MR) is 127 cm³/mol. The van der Waals surface area contributed by atoms with E-state index in [0.29, 0.717) is 40.3 Å². The van der Waals surface area contributed by atoms with Crippen molar-refractivity contribution in [1.29, 1.82) is 0 Å². The molecule has 0 aliphatic rings. The Labute approximate surface area is 197 Å². The smallest absolute Gasteiger partial charge is 0.310 e. The maximum absolute atomic E-state index is 12.8. The number of ether oxygens (including phenoxy) is 2. The molecule has 32 heavy (non-hydrogen) atoms. The highest BCUT2D eigenvalue weighted by Crippen LogP contribution is 2.27. The molecule has 0 aliphatic heterocycles. The third-order valence-electron chi connectivity index (χ3n) is 4.61. The van der Waals surface area contributed by atoms with Crippen molar-refractivity contribution in [2.24, 2.45) is 0 Å². The SMILES string of the molecule is CCOC(=O)Cc1ccc(NC(=O)c2cc(OCc3cccc(C)c3)ccc2Cl)c(Cl)c1. The molecule has 7 heteroatoms. The number of nitrogens with one attached hydrogen (secondary N) is 1. The lowest BCUT2D eigenvalue weighted by molar-refractivity contribution is -0.142. The van der Waals surface area contributed by atoms with Gasteiger partial charge in [-0.05, 0) is 55.3 Å². The van der Waals surface area contributed by atoms with Crippen LogP contribution in [0.4, 0.5) is 5.69 Å². The van der Waals surface area contributed by atoms with E-state index in [-0.39, 0.29) is 18.0 Å². The van der Waals surface area contributed by atoms with Gasteiger partial charge in [0.05, 0.1) is 34.3 Å². The second kappa shape index (κ2) is 11.0. The molecule has 3 rings (SSSR count). The van der Waals surface area contributed by atoms with Crippen molar-refractivity contribution in [1.82, 2.24) is 0 Å². The van der Waals surface area contributed by atoms with Gasteiger partial charge in [0, 0.05) is 0 Å². The molecule has 0 aliphatic carbocycles. The fourth-order valence-electron chi connectivity index (χ4n) is 3.08. The van der Waals surface area contributed by atoms with Crippen molar-refractivity contribution in [2.75, 3.05) is 11.9 Å². The monoisotopic (exact) mass is 471 g/mol. The fraction of sp³-hybridized carbons (Fsp3) is 0.200. The first-order valence-corrected chi connectivity index (χ1v) is 10.8. The molecule has 0 heterocycles. The molecule has 0 unspecified atom stereocenters. The number of carbonyl (C=O) groups is 2. The van der Waals surface area contributed by atoms with Gasteiger partial charge in [0.2, 0.25) is 0 Å². The van der Waals surface area contributed by atoms with E-state index in [9.17, 15) is 9.59 Å². The minimum Gasteiger partial charge on any atom is -0.489 e. The summed E-state index contributed by atoms with van der Waals surface area (Å²) in [6.07, 6.45) is 0.105. The summed E-state index contributed by atoms with van der Waals surface area (Å²) in [5, 5.41) is 3.35. The van der Waals surface area contributed by atoms with E-state index in [1.165, 1.54) is 0 Å². The minimum absolute atomic E-state index is 0.105. The van der Waals surface area contributed by atoms with Gasteiger partial charge in [0.1, 0.15) is 12.4 Å². The summed E-state index contributed by atoms with van der Waals surface area (Å²) in [5.74, 6) is -0.234. The molecular formula is C25H23Cl2NO4. The molecule has 3 aromatic carbocycles. The van der Waals surface area contributed by atoms with Crippen LogP contribution in [0.25, 0.3) is 0 Å². The molecule has 3 aromatic rings. The molecule has 1 N–H and O–H groups in total. The predicted octanol–water partition coefficient (Wildman–Crippen LogP) is 6.24. The molecule has 5 nitrogen and oxygen atoms in total. The Bertz CT molecular complexity index is 1130.